The van der Waals surface area contributed by atoms with E-state index in [9.17, 15) is 0 Å². The number of aromatic nitrogens is 2. The highest BCUT2D eigenvalue weighted by Crippen LogP contribution is 2.28. The second kappa shape index (κ2) is 5.10. The fraction of sp³-hybridized carbons (Fsp3) is 0.308. The van der Waals surface area contributed by atoms with Gasteiger partial charge in [-0.25, -0.2) is 4.68 Å². The van der Waals surface area contributed by atoms with Gasteiger partial charge in [0.05, 0.1) is 20.4 Å². The Labute approximate surface area is 106 Å². The SMILES string of the molecule is COc1ccc(OC)c(-n2ncc(CN)c2C)c1. The molecule has 0 aliphatic heterocycles. The predicted octanol–water partition coefficient (Wildman–Crippen LogP) is 1.66. The zero-order chi connectivity index (χ0) is 13.1. The molecule has 2 rings (SSSR count). The normalized spacial score (nSPS) is 10.4. The van der Waals surface area contributed by atoms with Gasteiger partial charge in [0.15, 0.2) is 0 Å². The third-order valence-electron chi connectivity index (χ3n) is 2.95. The van der Waals surface area contributed by atoms with Gasteiger partial charge in [0.25, 0.3) is 0 Å². The summed E-state index contributed by atoms with van der Waals surface area (Å²) in [6, 6.07) is 5.60. The summed E-state index contributed by atoms with van der Waals surface area (Å²) in [7, 11) is 3.26. The van der Waals surface area contributed by atoms with Gasteiger partial charge in [0, 0.05) is 23.9 Å². The van der Waals surface area contributed by atoms with Gasteiger partial charge in [-0.1, -0.05) is 0 Å². The molecule has 0 amide bonds. The van der Waals surface area contributed by atoms with Crippen LogP contribution in [0, 0.1) is 6.92 Å². The molecule has 2 aromatic rings. The van der Waals surface area contributed by atoms with E-state index in [4.69, 9.17) is 15.2 Å². The van der Waals surface area contributed by atoms with E-state index in [0.29, 0.717) is 6.54 Å². The van der Waals surface area contributed by atoms with Crippen LogP contribution in [0.5, 0.6) is 11.5 Å². The average molecular weight is 247 g/mol. The summed E-state index contributed by atoms with van der Waals surface area (Å²) < 4.78 is 12.4. The summed E-state index contributed by atoms with van der Waals surface area (Å²) in [5.41, 5.74) is 8.52. The topological polar surface area (TPSA) is 62.3 Å². The van der Waals surface area contributed by atoms with Crippen LogP contribution in [0.25, 0.3) is 5.69 Å². The lowest BCUT2D eigenvalue weighted by atomic mass is 10.2. The van der Waals surface area contributed by atoms with E-state index in [1.54, 1.807) is 20.4 Å². The maximum atomic E-state index is 5.66. The fourth-order valence-corrected chi connectivity index (χ4v) is 1.85. The van der Waals surface area contributed by atoms with E-state index in [1.807, 2.05) is 29.8 Å². The summed E-state index contributed by atoms with van der Waals surface area (Å²) in [6.45, 7) is 2.45. The minimum Gasteiger partial charge on any atom is -0.497 e. The van der Waals surface area contributed by atoms with Crippen LogP contribution < -0.4 is 15.2 Å². The maximum Gasteiger partial charge on any atom is 0.144 e. The maximum absolute atomic E-state index is 5.66. The van der Waals surface area contributed by atoms with Gasteiger partial charge in [-0.15, -0.1) is 0 Å². The summed E-state index contributed by atoms with van der Waals surface area (Å²) >= 11 is 0. The Bertz CT molecular complexity index is 549. The number of nitrogens with two attached hydrogens (primary N) is 1. The minimum absolute atomic E-state index is 0.470. The second-order valence-corrected chi connectivity index (χ2v) is 3.91. The summed E-state index contributed by atoms with van der Waals surface area (Å²) in [4.78, 5) is 0. The minimum atomic E-state index is 0.470. The molecule has 0 radical (unpaired) electrons. The molecule has 2 N–H and O–H groups in total. The summed E-state index contributed by atoms with van der Waals surface area (Å²) in [5.74, 6) is 1.50. The average Bonchev–Trinajstić information content (AvgIpc) is 2.78. The summed E-state index contributed by atoms with van der Waals surface area (Å²) in [6.07, 6.45) is 1.77. The van der Waals surface area contributed by atoms with E-state index >= 15 is 0 Å². The van der Waals surface area contributed by atoms with Crippen molar-refractivity contribution in [2.24, 2.45) is 5.73 Å². The quantitative estimate of drug-likeness (QED) is 0.892. The van der Waals surface area contributed by atoms with Crippen molar-refractivity contribution >= 4 is 0 Å². The smallest absolute Gasteiger partial charge is 0.144 e. The molecular weight excluding hydrogens is 230 g/mol. The van der Waals surface area contributed by atoms with Crippen molar-refractivity contribution < 1.29 is 9.47 Å². The number of hydrogen-bond acceptors (Lipinski definition) is 4. The monoisotopic (exact) mass is 247 g/mol. The van der Waals surface area contributed by atoms with Crippen LogP contribution in [0.3, 0.4) is 0 Å². The number of hydrogen-bond donors (Lipinski definition) is 1. The first-order chi connectivity index (χ1) is 8.71. The molecule has 0 aliphatic carbocycles. The van der Waals surface area contributed by atoms with Crippen molar-refractivity contribution in [1.29, 1.82) is 0 Å². The van der Waals surface area contributed by atoms with Crippen LogP contribution in [-0.4, -0.2) is 24.0 Å². The molecule has 1 aromatic carbocycles. The van der Waals surface area contributed by atoms with E-state index in [2.05, 4.69) is 5.10 Å². The molecule has 0 unspecified atom stereocenters. The third kappa shape index (κ3) is 2.04. The number of benzene rings is 1. The molecule has 1 heterocycles. The van der Waals surface area contributed by atoms with Crippen LogP contribution in [0.1, 0.15) is 11.3 Å². The third-order valence-corrected chi connectivity index (χ3v) is 2.95. The molecule has 0 fully saturated rings. The Morgan fingerprint density at radius 2 is 2.06 bits per heavy atom. The second-order valence-electron chi connectivity index (χ2n) is 3.91. The molecule has 5 nitrogen and oxygen atoms in total. The van der Waals surface area contributed by atoms with E-state index in [0.717, 1.165) is 28.4 Å². The fourth-order valence-electron chi connectivity index (χ4n) is 1.85. The number of methoxy groups -OCH3 is 2. The van der Waals surface area contributed by atoms with Crippen LogP contribution in [0.2, 0.25) is 0 Å². The Morgan fingerprint density at radius 1 is 1.28 bits per heavy atom. The van der Waals surface area contributed by atoms with Gasteiger partial charge in [-0.3, -0.25) is 0 Å². The predicted molar refractivity (Wildman–Crippen MR) is 69.3 cm³/mol. The Kier molecular flexibility index (Phi) is 3.53. The Hall–Kier alpha value is -2.01. The lowest BCUT2D eigenvalue weighted by molar-refractivity contribution is 0.400. The van der Waals surface area contributed by atoms with Crippen LogP contribution in [-0.2, 0) is 6.54 Å². The van der Waals surface area contributed by atoms with Gasteiger partial charge >= 0.3 is 0 Å². The number of rotatable bonds is 4. The molecular formula is C13H17N3O2. The van der Waals surface area contributed by atoms with Crippen molar-refractivity contribution in [3.63, 3.8) is 0 Å². The lowest BCUT2D eigenvalue weighted by Crippen LogP contribution is -2.04. The van der Waals surface area contributed by atoms with Crippen molar-refractivity contribution in [2.75, 3.05) is 14.2 Å². The molecule has 0 bridgehead atoms. The molecule has 0 saturated heterocycles. The first-order valence-corrected chi connectivity index (χ1v) is 5.67. The van der Waals surface area contributed by atoms with Crippen molar-refractivity contribution in [3.05, 3.63) is 35.7 Å². The molecule has 5 heteroatoms. The van der Waals surface area contributed by atoms with Crippen molar-refractivity contribution in [2.45, 2.75) is 13.5 Å². The molecule has 1 aromatic heterocycles. The van der Waals surface area contributed by atoms with Crippen LogP contribution in [0.15, 0.2) is 24.4 Å². The highest BCUT2D eigenvalue weighted by molar-refractivity contribution is 5.52. The highest BCUT2D eigenvalue weighted by atomic mass is 16.5. The number of nitrogens with zero attached hydrogens (tertiary/aromatic N) is 2. The van der Waals surface area contributed by atoms with Crippen molar-refractivity contribution in [3.8, 4) is 17.2 Å². The van der Waals surface area contributed by atoms with Crippen molar-refractivity contribution in [1.82, 2.24) is 9.78 Å². The molecule has 0 atom stereocenters. The van der Waals surface area contributed by atoms with Crippen LogP contribution in [0.4, 0.5) is 0 Å². The van der Waals surface area contributed by atoms with Gasteiger partial charge in [0.1, 0.15) is 17.2 Å². The Morgan fingerprint density at radius 3 is 2.61 bits per heavy atom. The molecule has 18 heavy (non-hydrogen) atoms. The van der Waals surface area contributed by atoms with Gasteiger partial charge in [-0.2, -0.15) is 5.10 Å². The van der Waals surface area contributed by atoms with E-state index in [-0.39, 0.29) is 0 Å². The molecule has 0 aliphatic rings. The summed E-state index contributed by atoms with van der Waals surface area (Å²) in [5, 5.41) is 4.34. The zero-order valence-corrected chi connectivity index (χ0v) is 10.8. The van der Waals surface area contributed by atoms with E-state index in [1.165, 1.54) is 0 Å². The first kappa shape index (κ1) is 12.4. The first-order valence-electron chi connectivity index (χ1n) is 5.67. The number of ether oxygens (including phenoxy) is 2. The van der Waals surface area contributed by atoms with E-state index < -0.39 is 0 Å². The largest absolute Gasteiger partial charge is 0.497 e. The molecule has 96 valence electrons. The van der Waals surface area contributed by atoms with Gasteiger partial charge < -0.3 is 15.2 Å². The van der Waals surface area contributed by atoms with Gasteiger partial charge in [-0.05, 0) is 19.1 Å². The molecule has 0 spiro atoms. The Balaban J connectivity index is 2.57. The lowest BCUT2D eigenvalue weighted by Gasteiger charge is -2.12. The standard InChI is InChI=1S/C13H17N3O2/c1-9-10(7-14)8-15-16(9)12-6-11(17-2)4-5-13(12)18-3/h4-6,8H,7,14H2,1-3H3. The highest BCUT2D eigenvalue weighted by Gasteiger charge is 2.12. The molecule has 0 saturated carbocycles. The van der Waals surface area contributed by atoms with Crippen LogP contribution >= 0.6 is 0 Å². The van der Waals surface area contributed by atoms with Gasteiger partial charge in [0.2, 0.25) is 0 Å². The zero-order valence-electron chi connectivity index (χ0n) is 10.8.